The number of ketones is 1. The van der Waals surface area contributed by atoms with E-state index in [4.69, 9.17) is 0 Å². The molecule has 0 spiro atoms. The molecule has 1 rings (SSSR count). The van der Waals surface area contributed by atoms with Crippen LogP contribution in [0.15, 0.2) is 6.33 Å². The summed E-state index contributed by atoms with van der Waals surface area (Å²) in [5.41, 5.74) is 0. The highest BCUT2D eigenvalue weighted by molar-refractivity contribution is 5.82. The van der Waals surface area contributed by atoms with Gasteiger partial charge in [-0.25, -0.2) is 9.67 Å². The highest BCUT2D eigenvalue weighted by atomic mass is 16.1. The lowest BCUT2D eigenvalue weighted by Gasteiger charge is -2.12. The second-order valence-corrected chi connectivity index (χ2v) is 4.38. The molecule has 4 heteroatoms. The Bertz CT molecular complexity index is 346. The molecular formula is C13H23N3O. The first kappa shape index (κ1) is 13.9. The van der Waals surface area contributed by atoms with Gasteiger partial charge in [0.15, 0.2) is 0 Å². The minimum atomic E-state index is 0.192. The first-order chi connectivity index (χ1) is 8.22. The minimum absolute atomic E-state index is 0.192. The Morgan fingerprint density at radius 1 is 1.41 bits per heavy atom. The van der Waals surface area contributed by atoms with E-state index in [1.807, 2.05) is 6.92 Å². The molecule has 1 aromatic heterocycles. The molecule has 0 bridgehead atoms. The van der Waals surface area contributed by atoms with Crippen molar-refractivity contribution in [1.82, 2.24) is 14.8 Å². The molecular weight excluding hydrogens is 214 g/mol. The summed E-state index contributed by atoms with van der Waals surface area (Å²) in [7, 11) is 0. The van der Waals surface area contributed by atoms with Crippen molar-refractivity contribution in [3.8, 4) is 0 Å². The topological polar surface area (TPSA) is 47.8 Å². The van der Waals surface area contributed by atoms with E-state index in [-0.39, 0.29) is 5.92 Å². The number of unbranched alkanes of at least 4 members (excludes halogenated alkanes) is 1. The Kier molecular flexibility index (Phi) is 5.87. The fourth-order valence-corrected chi connectivity index (χ4v) is 2.03. The second-order valence-electron chi connectivity index (χ2n) is 4.38. The normalized spacial score (nSPS) is 12.6. The van der Waals surface area contributed by atoms with Gasteiger partial charge in [0, 0.05) is 12.5 Å². The van der Waals surface area contributed by atoms with E-state index in [1.165, 1.54) is 6.33 Å². The predicted molar refractivity (Wildman–Crippen MR) is 67.7 cm³/mol. The van der Waals surface area contributed by atoms with Gasteiger partial charge in [0.25, 0.3) is 0 Å². The molecule has 0 aliphatic carbocycles. The molecule has 0 saturated heterocycles. The minimum Gasteiger partial charge on any atom is -0.299 e. The molecule has 0 radical (unpaired) electrons. The Morgan fingerprint density at radius 3 is 2.76 bits per heavy atom. The zero-order valence-corrected chi connectivity index (χ0v) is 11.1. The molecule has 0 aliphatic heterocycles. The highest BCUT2D eigenvalue weighted by Gasteiger charge is 2.18. The van der Waals surface area contributed by atoms with Crippen LogP contribution >= 0.6 is 0 Å². The van der Waals surface area contributed by atoms with Crippen LogP contribution in [-0.2, 0) is 17.8 Å². The van der Waals surface area contributed by atoms with Crippen LogP contribution in [0.3, 0.4) is 0 Å². The van der Waals surface area contributed by atoms with E-state index in [9.17, 15) is 4.79 Å². The molecule has 96 valence electrons. The zero-order chi connectivity index (χ0) is 12.7. The number of aromatic nitrogens is 3. The predicted octanol–water partition coefficient (Wildman–Crippen LogP) is 2.63. The number of carbonyl (C=O) groups excluding carboxylic acids is 1. The van der Waals surface area contributed by atoms with Gasteiger partial charge in [-0.1, -0.05) is 26.7 Å². The van der Waals surface area contributed by atoms with Gasteiger partial charge in [0.1, 0.15) is 17.9 Å². The lowest BCUT2D eigenvalue weighted by atomic mass is 9.93. The summed E-state index contributed by atoms with van der Waals surface area (Å²) < 4.78 is 1.80. The Hall–Kier alpha value is -1.19. The number of carbonyl (C=O) groups is 1. The maximum atomic E-state index is 12.1. The van der Waals surface area contributed by atoms with Gasteiger partial charge >= 0.3 is 0 Å². The summed E-state index contributed by atoms with van der Waals surface area (Å²) >= 11 is 0. The van der Waals surface area contributed by atoms with E-state index in [2.05, 4.69) is 23.9 Å². The summed E-state index contributed by atoms with van der Waals surface area (Å²) in [4.78, 5) is 16.3. The van der Waals surface area contributed by atoms with Crippen LogP contribution in [0.2, 0.25) is 0 Å². The van der Waals surface area contributed by atoms with Crippen LogP contribution in [0, 0.1) is 5.92 Å². The molecule has 1 aromatic rings. The van der Waals surface area contributed by atoms with E-state index < -0.39 is 0 Å². The monoisotopic (exact) mass is 237 g/mol. The van der Waals surface area contributed by atoms with E-state index >= 15 is 0 Å². The van der Waals surface area contributed by atoms with Crippen molar-refractivity contribution in [3.05, 3.63) is 12.2 Å². The largest absolute Gasteiger partial charge is 0.299 e. The van der Waals surface area contributed by atoms with Crippen molar-refractivity contribution < 1.29 is 4.79 Å². The number of Topliss-reactive ketones (excluding diaryl/α,β-unsaturated/α-hetero) is 1. The van der Waals surface area contributed by atoms with Crippen LogP contribution < -0.4 is 0 Å². The first-order valence-electron chi connectivity index (χ1n) is 6.62. The smallest absolute Gasteiger partial charge is 0.143 e. The summed E-state index contributed by atoms with van der Waals surface area (Å²) in [6.07, 6.45) is 6.17. The number of rotatable bonds is 8. The lowest BCUT2D eigenvalue weighted by Crippen LogP contribution is -2.19. The van der Waals surface area contributed by atoms with Gasteiger partial charge in [0.05, 0.1) is 6.42 Å². The molecule has 17 heavy (non-hydrogen) atoms. The Labute approximate surface area is 103 Å². The molecule has 0 saturated carbocycles. The van der Waals surface area contributed by atoms with Crippen LogP contribution in [0.5, 0.6) is 0 Å². The molecule has 1 atom stereocenters. The van der Waals surface area contributed by atoms with Gasteiger partial charge in [-0.3, -0.25) is 4.79 Å². The van der Waals surface area contributed by atoms with Crippen molar-refractivity contribution in [2.45, 2.75) is 59.4 Å². The van der Waals surface area contributed by atoms with Gasteiger partial charge in [-0.05, 0) is 19.8 Å². The third kappa shape index (κ3) is 3.95. The van der Waals surface area contributed by atoms with Crippen LogP contribution in [0.4, 0.5) is 0 Å². The SMILES string of the molecule is CCCCC(CC)C(=O)Cc1ncnn1CC. The van der Waals surface area contributed by atoms with Gasteiger partial charge < -0.3 is 0 Å². The van der Waals surface area contributed by atoms with E-state index in [0.29, 0.717) is 12.2 Å². The third-order valence-corrected chi connectivity index (χ3v) is 3.18. The van der Waals surface area contributed by atoms with Crippen molar-refractivity contribution in [2.75, 3.05) is 0 Å². The fraction of sp³-hybridized carbons (Fsp3) is 0.769. The Morgan fingerprint density at radius 2 is 2.18 bits per heavy atom. The van der Waals surface area contributed by atoms with Crippen molar-refractivity contribution >= 4 is 5.78 Å². The standard InChI is InChI=1S/C13H23N3O/c1-4-7-8-11(5-2)12(17)9-13-14-10-15-16(13)6-3/h10-11H,4-9H2,1-3H3. The maximum Gasteiger partial charge on any atom is 0.143 e. The van der Waals surface area contributed by atoms with Crippen LogP contribution in [0.25, 0.3) is 0 Å². The van der Waals surface area contributed by atoms with Gasteiger partial charge in [-0.2, -0.15) is 5.10 Å². The summed E-state index contributed by atoms with van der Waals surface area (Å²) in [5, 5.41) is 4.09. The summed E-state index contributed by atoms with van der Waals surface area (Å²) in [6, 6.07) is 0. The number of hydrogen-bond donors (Lipinski definition) is 0. The Balaban J connectivity index is 2.57. The molecule has 0 aliphatic rings. The first-order valence-corrected chi connectivity index (χ1v) is 6.62. The molecule has 4 nitrogen and oxygen atoms in total. The highest BCUT2D eigenvalue weighted by Crippen LogP contribution is 2.15. The average molecular weight is 237 g/mol. The summed E-state index contributed by atoms with van der Waals surface area (Å²) in [6.45, 7) is 7.03. The molecule has 1 heterocycles. The average Bonchev–Trinajstić information content (AvgIpc) is 2.77. The second kappa shape index (κ2) is 7.20. The van der Waals surface area contributed by atoms with Crippen molar-refractivity contribution in [2.24, 2.45) is 5.92 Å². The molecule has 0 fully saturated rings. The zero-order valence-electron chi connectivity index (χ0n) is 11.1. The third-order valence-electron chi connectivity index (χ3n) is 3.18. The fourth-order valence-electron chi connectivity index (χ4n) is 2.03. The quantitative estimate of drug-likeness (QED) is 0.698. The van der Waals surface area contributed by atoms with Gasteiger partial charge in [0.2, 0.25) is 0 Å². The van der Waals surface area contributed by atoms with Crippen molar-refractivity contribution in [3.63, 3.8) is 0 Å². The molecule has 1 unspecified atom stereocenters. The van der Waals surface area contributed by atoms with Crippen molar-refractivity contribution in [1.29, 1.82) is 0 Å². The van der Waals surface area contributed by atoms with Gasteiger partial charge in [-0.15, -0.1) is 0 Å². The molecule has 0 aromatic carbocycles. The van der Waals surface area contributed by atoms with Crippen LogP contribution in [0.1, 0.15) is 52.3 Å². The number of aryl methyl sites for hydroxylation is 1. The van der Waals surface area contributed by atoms with E-state index in [1.54, 1.807) is 4.68 Å². The molecule has 0 N–H and O–H groups in total. The van der Waals surface area contributed by atoms with E-state index in [0.717, 1.165) is 38.1 Å². The van der Waals surface area contributed by atoms with Crippen LogP contribution in [-0.4, -0.2) is 20.5 Å². The summed E-state index contributed by atoms with van der Waals surface area (Å²) in [5.74, 6) is 1.30. The lowest BCUT2D eigenvalue weighted by molar-refractivity contribution is -0.122. The number of nitrogens with zero attached hydrogens (tertiary/aromatic N) is 3. The maximum absolute atomic E-state index is 12.1. The number of hydrogen-bond acceptors (Lipinski definition) is 3. The molecule has 0 amide bonds.